The molecular weight excluding hydrogens is 467 g/mol. The van der Waals surface area contributed by atoms with Gasteiger partial charge in [0.2, 0.25) is 0 Å². The minimum atomic E-state index is -0.568. The molecule has 0 amide bonds. The monoisotopic (exact) mass is 502 g/mol. The first kappa shape index (κ1) is 28.9. The van der Waals surface area contributed by atoms with Crippen molar-refractivity contribution in [3.05, 3.63) is 59.1 Å². The molecule has 0 aliphatic carbocycles. The van der Waals surface area contributed by atoms with Crippen LogP contribution in [0.5, 0.6) is 5.75 Å². The van der Waals surface area contributed by atoms with Gasteiger partial charge in [-0.25, -0.2) is 0 Å². The van der Waals surface area contributed by atoms with Crippen molar-refractivity contribution in [3.63, 3.8) is 0 Å². The summed E-state index contributed by atoms with van der Waals surface area (Å²) < 4.78 is 5.71. The number of likely N-dealkylation sites (tertiary alicyclic amines) is 1. The van der Waals surface area contributed by atoms with E-state index in [2.05, 4.69) is 35.0 Å². The van der Waals surface area contributed by atoms with Gasteiger partial charge in [-0.2, -0.15) is 0 Å². The number of hydrogen-bond acceptors (Lipinski definition) is 4. The van der Waals surface area contributed by atoms with E-state index in [4.69, 9.17) is 16.3 Å². The van der Waals surface area contributed by atoms with Crippen LogP contribution < -0.4 is 9.64 Å². The summed E-state index contributed by atoms with van der Waals surface area (Å²) in [7, 11) is 2.09. The maximum Gasteiger partial charge on any atom is 0.119 e. The van der Waals surface area contributed by atoms with E-state index in [9.17, 15) is 5.11 Å². The third kappa shape index (κ3) is 8.99. The molecule has 0 aromatic heterocycles. The SMILES string of the molecule is CC(C)Oc1ccc(N(C)CCC2(O)CCN(CCc3cccc(Cl)c3)CC2)cc1.Cl.Cl. The van der Waals surface area contributed by atoms with E-state index >= 15 is 0 Å². The Morgan fingerprint density at radius 3 is 2.34 bits per heavy atom. The molecule has 1 heterocycles. The lowest BCUT2D eigenvalue weighted by Gasteiger charge is -2.39. The molecule has 0 bridgehead atoms. The number of ether oxygens (including phenoxy) is 1. The van der Waals surface area contributed by atoms with Gasteiger partial charge in [0.25, 0.3) is 0 Å². The number of piperidine rings is 1. The molecule has 1 saturated heterocycles. The summed E-state index contributed by atoms with van der Waals surface area (Å²) in [5.41, 5.74) is 1.85. The maximum absolute atomic E-state index is 11.1. The minimum Gasteiger partial charge on any atom is -0.491 e. The Hall–Kier alpha value is -1.17. The van der Waals surface area contributed by atoms with E-state index in [1.165, 1.54) is 5.56 Å². The number of benzene rings is 2. The van der Waals surface area contributed by atoms with Crippen molar-refractivity contribution >= 4 is 42.1 Å². The van der Waals surface area contributed by atoms with Crippen molar-refractivity contribution in [2.24, 2.45) is 0 Å². The molecule has 4 nitrogen and oxygen atoms in total. The zero-order valence-corrected chi connectivity index (χ0v) is 21.7. The molecule has 3 rings (SSSR count). The van der Waals surface area contributed by atoms with Crippen LogP contribution in [0, 0.1) is 0 Å². The van der Waals surface area contributed by atoms with Gasteiger partial charge in [-0.15, -0.1) is 24.8 Å². The van der Waals surface area contributed by atoms with Crippen molar-refractivity contribution in [2.75, 3.05) is 38.1 Å². The first-order valence-corrected chi connectivity index (χ1v) is 11.4. The molecular formula is C25H37Cl3N2O2. The van der Waals surface area contributed by atoms with Gasteiger partial charge in [0.15, 0.2) is 0 Å². The molecule has 2 aromatic carbocycles. The number of rotatable bonds is 9. The van der Waals surface area contributed by atoms with E-state index in [1.807, 2.05) is 44.2 Å². The van der Waals surface area contributed by atoms with Gasteiger partial charge in [-0.05, 0) is 81.5 Å². The number of nitrogens with zero attached hydrogens (tertiary/aromatic N) is 2. The standard InChI is InChI=1S/C25H35ClN2O2.2ClH/c1-20(2)30-24-9-7-23(8-10-24)27(3)16-12-25(29)13-17-28(18-14-25)15-11-21-5-4-6-22(26)19-21;;/h4-10,19-20,29H,11-18H2,1-3H3;2*1H. The third-order valence-electron chi connectivity index (χ3n) is 5.95. The Morgan fingerprint density at radius 1 is 1.09 bits per heavy atom. The summed E-state index contributed by atoms with van der Waals surface area (Å²) in [4.78, 5) is 4.66. The first-order valence-electron chi connectivity index (χ1n) is 11.0. The number of hydrogen-bond donors (Lipinski definition) is 1. The molecule has 1 fully saturated rings. The van der Waals surface area contributed by atoms with Crippen LogP contribution in [0.3, 0.4) is 0 Å². The first-order chi connectivity index (χ1) is 14.3. The highest BCUT2D eigenvalue weighted by molar-refractivity contribution is 6.30. The van der Waals surface area contributed by atoms with Crippen LogP contribution in [0.2, 0.25) is 5.02 Å². The van der Waals surface area contributed by atoms with Crippen molar-refractivity contribution in [1.82, 2.24) is 4.90 Å². The van der Waals surface area contributed by atoms with Crippen LogP contribution in [-0.2, 0) is 6.42 Å². The molecule has 0 saturated carbocycles. The van der Waals surface area contributed by atoms with E-state index in [-0.39, 0.29) is 30.9 Å². The largest absolute Gasteiger partial charge is 0.491 e. The summed E-state index contributed by atoms with van der Waals surface area (Å²) in [6.45, 7) is 7.81. The zero-order valence-electron chi connectivity index (χ0n) is 19.3. The molecule has 0 radical (unpaired) electrons. The van der Waals surface area contributed by atoms with E-state index < -0.39 is 5.60 Å². The number of aliphatic hydroxyl groups is 1. The van der Waals surface area contributed by atoms with Crippen molar-refractivity contribution in [3.8, 4) is 5.75 Å². The average Bonchev–Trinajstić information content (AvgIpc) is 2.72. The second-order valence-electron chi connectivity index (χ2n) is 8.78. The van der Waals surface area contributed by atoms with E-state index in [1.54, 1.807) is 0 Å². The van der Waals surface area contributed by atoms with Crippen LogP contribution in [0.15, 0.2) is 48.5 Å². The molecule has 1 N–H and O–H groups in total. The van der Waals surface area contributed by atoms with Gasteiger partial charge in [0.05, 0.1) is 11.7 Å². The van der Waals surface area contributed by atoms with Crippen LogP contribution in [-0.4, -0.2) is 54.9 Å². The van der Waals surface area contributed by atoms with Gasteiger partial charge in [0, 0.05) is 43.9 Å². The Labute approximate surface area is 210 Å². The smallest absolute Gasteiger partial charge is 0.119 e. The molecule has 2 aromatic rings. The Morgan fingerprint density at radius 2 is 1.75 bits per heavy atom. The fourth-order valence-electron chi connectivity index (χ4n) is 3.98. The summed E-state index contributed by atoms with van der Waals surface area (Å²) in [5, 5.41) is 11.9. The fourth-order valence-corrected chi connectivity index (χ4v) is 4.19. The van der Waals surface area contributed by atoms with Gasteiger partial charge in [0.1, 0.15) is 5.75 Å². The zero-order chi connectivity index (χ0) is 21.6. The Bertz CT molecular complexity index is 794. The Kier molecular flexibility index (Phi) is 12.2. The van der Waals surface area contributed by atoms with Crippen LogP contribution in [0.4, 0.5) is 5.69 Å². The minimum absolute atomic E-state index is 0. The second kappa shape index (κ2) is 13.5. The maximum atomic E-state index is 11.1. The van der Waals surface area contributed by atoms with Crippen LogP contribution in [0.1, 0.15) is 38.7 Å². The summed E-state index contributed by atoms with van der Waals surface area (Å²) in [6, 6.07) is 16.3. The number of halogens is 3. The summed E-state index contributed by atoms with van der Waals surface area (Å²) in [5.74, 6) is 0.894. The van der Waals surface area contributed by atoms with E-state index in [0.29, 0.717) is 0 Å². The molecule has 7 heteroatoms. The van der Waals surface area contributed by atoms with Crippen molar-refractivity contribution in [2.45, 2.75) is 51.2 Å². The molecule has 0 unspecified atom stereocenters. The highest BCUT2D eigenvalue weighted by Gasteiger charge is 2.32. The third-order valence-corrected chi connectivity index (χ3v) is 6.19. The second-order valence-corrected chi connectivity index (χ2v) is 9.21. The molecule has 180 valence electrons. The van der Waals surface area contributed by atoms with E-state index in [0.717, 1.165) is 68.3 Å². The topological polar surface area (TPSA) is 35.9 Å². The molecule has 0 atom stereocenters. The van der Waals surface area contributed by atoms with Crippen LogP contribution >= 0.6 is 36.4 Å². The van der Waals surface area contributed by atoms with Gasteiger partial charge in [-0.3, -0.25) is 0 Å². The lowest BCUT2D eigenvalue weighted by molar-refractivity contribution is -0.0254. The molecule has 1 aliphatic heterocycles. The lowest BCUT2D eigenvalue weighted by atomic mass is 9.88. The molecule has 1 aliphatic rings. The Balaban J connectivity index is 0.00000256. The van der Waals surface area contributed by atoms with Crippen LogP contribution in [0.25, 0.3) is 0 Å². The van der Waals surface area contributed by atoms with Crippen molar-refractivity contribution in [1.29, 1.82) is 0 Å². The highest BCUT2D eigenvalue weighted by atomic mass is 35.5. The molecule has 0 spiro atoms. The highest BCUT2D eigenvalue weighted by Crippen LogP contribution is 2.27. The fraction of sp³-hybridized carbons (Fsp3) is 0.520. The van der Waals surface area contributed by atoms with Crippen molar-refractivity contribution < 1.29 is 9.84 Å². The average molecular weight is 504 g/mol. The number of anilines is 1. The summed E-state index contributed by atoms with van der Waals surface area (Å²) in [6.07, 6.45) is 3.63. The van der Waals surface area contributed by atoms with Gasteiger partial charge in [-0.1, -0.05) is 23.7 Å². The predicted molar refractivity (Wildman–Crippen MR) is 140 cm³/mol. The van der Waals surface area contributed by atoms with Gasteiger partial charge >= 0.3 is 0 Å². The normalized spacial score (nSPS) is 15.6. The predicted octanol–water partition coefficient (Wildman–Crippen LogP) is 5.87. The van der Waals surface area contributed by atoms with Gasteiger partial charge < -0.3 is 19.6 Å². The summed E-state index contributed by atoms with van der Waals surface area (Å²) >= 11 is 6.08. The molecule has 32 heavy (non-hydrogen) atoms. The lowest BCUT2D eigenvalue weighted by Crippen LogP contribution is -2.46. The quantitative estimate of drug-likeness (QED) is 0.464.